The Kier molecular flexibility index (Phi) is 4.22. The van der Waals surface area contributed by atoms with Crippen LogP contribution in [0.2, 0.25) is 0 Å². The number of nitrogens with zero attached hydrogens (tertiary/aromatic N) is 2. The van der Waals surface area contributed by atoms with Crippen molar-refractivity contribution in [3.63, 3.8) is 0 Å². The number of aryl methyl sites for hydroxylation is 1. The fourth-order valence-electron chi connectivity index (χ4n) is 3.24. The zero-order chi connectivity index (χ0) is 18.1. The quantitative estimate of drug-likeness (QED) is 0.587. The Balaban J connectivity index is 1.79. The van der Waals surface area contributed by atoms with Gasteiger partial charge in [0, 0.05) is 40.4 Å². The van der Waals surface area contributed by atoms with Crippen LogP contribution in [0.15, 0.2) is 65.2 Å². The highest BCUT2D eigenvalue weighted by Crippen LogP contribution is 2.34. The van der Waals surface area contributed by atoms with Crippen LogP contribution in [0.3, 0.4) is 0 Å². The van der Waals surface area contributed by atoms with Crippen molar-refractivity contribution in [2.45, 2.75) is 19.4 Å². The molecule has 4 aromatic rings. The van der Waals surface area contributed by atoms with Gasteiger partial charge >= 0.3 is 0 Å². The van der Waals surface area contributed by atoms with Gasteiger partial charge in [0.25, 0.3) is 0 Å². The minimum absolute atomic E-state index is 0.352. The van der Waals surface area contributed by atoms with E-state index >= 15 is 0 Å². The van der Waals surface area contributed by atoms with Gasteiger partial charge in [-0.1, -0.05) is 35.5 Å². The van der Waals surface area contributed by atoms with E-state index in [1.807, 2.05) is 55.5 Å². The van der Waals surface area contributed by atoms with E-state index in [1.165, 1.54) is 6.07 Å². The highest BCUT2D eigenvalue weighted by atomic mass is 19.1. The third-order valence-electron chi connectivity index (χ3n) is 4.43. The molecule has 0 amide bonds. The summed E-state index contributed by atoms with van der Waals surface area (Å²) in [6.45, 7) is 1.92. The first-order valence-electron chi connectivity index (χ1n) is 8.45. The first kappa shape index (κ1) is 16.4. The summed E-state index contributed by atoms with van der Waals surface area (Å²) < 4.78 is 20.1. The lowest BCUT2D eigenvalue weighted by Gasteiger charge is -2.16. The number of fused-ring (bicyclic) bond motifs is 1. The van der Waals surface area contributed by atoms with E-state index in [-0.39, 0.29) is 5.82 Å². The lowest BCUT2D eigenvalue weighted by Crippen LogP contribution is -2.17. The molecule has 0 unspecified atom stereocenters. The van der Waals surface area contributed by atoms with Crippen molar-refractivity contribution in [2.24, 2.45) is 5.73 Å². The van der Waals surface area contributed by atoms with E-state index in [1.54, 1.807) is 6.07 Å². The number of para-hydroxylation sites is 1. The molecular formula is C21H18FN3O. The van der Waals surface area contributed by atoms with Gasteiger partial charge in [0.05, 0.1) is 0 Å². The Hall–Kier alpha value is -3.05. The van der Waals surface area contributed by atoms with Crippen molar-refractivity contribution >= 4 is 11.0 Å². The number of pyridine rings is 1. The number of halogens is 1. The highest BCUT2D eigenvalue weighted by molar-refractivity contribution is 5.92. The molecular weight excluding hydrogens is 329 g/mol. The molecule has 5 heteroatoms. The smallest absolute Gasteiger partial charge is 0.167 e. The van der Waals surface area contributed by atoms with Crippen LogP contribution in [-0.4, -0.2) is 10.1 Å². The average Bonchev–Trinajstić information content (AvgIpc) is 3.05. The summed E-state index contributed by atoms with van der Waals surface area (Å²) in [5.74, 6) is -0.352. The van der Waals surface area contributed by atoms with Crippen LogP contribution in [0, 0.1) is 12.7 Å². The van der Waals surface area contributed by atoms with Crippen molar-refractivity contribution in [1.82, 2.24) is 10.1 Å². The van der Waals surface area contributed by atoms with Gasteiger partial charge in [0.1, 0.15) is 11.5 Å². The predicted octanol–water partition coefficient (Wildman–Crippen LogP) is 4.58. The van der Waals surface area contributed by atoms with Crippen LogP contribution in [-0.2, 0) is 6.42 Å². The number of hydrogen-bond donors (Lipinski definition) is 1. The molecule has 0 aliphatic rings. The molecule has 130 valence electrons. The molecule has 0 bridgehead atoms. The molecule has 4 nitrogen and oxygen atoms in total. The van der Waals surface area contributed by atoms with Gasteiger partial charge in [-0.2, -0.15) is 0 Å². The molecule has 2 aromatic carbocycles. The van der Waals surface area contributed by atoms with Crippen LogP contribution < -0.4 is 5.73 Å². The van der Waals surface area contributed by atoms with Crippen LogP contribution >= 0.6 is 0 Å². The van der Waals surface area contributed by atoms with Crippen LogP contribution in [0.5, 0.6) is 0 Å². The van der Waals surface area contributed by atoms with E-state index < -0.39 is 6.04 Å². The molecule has 0 saturated carbocycles. The molecule has 0 spiro atoms. The maximum Gasteiger partial charge on any atom is 0.167 e. The fraction of sp³-hybridized carbons (Fsp3) is 0.143. The maximum atomic E-state index is 14.7. The van der Waals surface area contributed by atoms with Crippen molar-refractivity contribution in [3.05, 3.63) is 83.4 Å². The molecule has 0 radical (unpaired) electrons. The van der Waals surface area contributed by atoms with Crippen molar-refractivity contribution in [1.29, 1.82) is 0 Å². The fourth-order valence-corrected chi connectivity index (χ4v) is 3.24. The van der Waals surface area contributed by atoms with E-state index in [4.69, 9.17) is 10.3 Å². The van der Waals surface area contributed by atoms with Crippen molar-refractivity contribution < 1.29 is 8.91 Å². The summed E-state index contributed by atoms with van der Waals surface area (Å²) in [5.41, 5.74) is 10.5. The minimum atomic E-state index is -0.545. The zero-order valence-corrected chi connectivity index (χ0v) is 14.3. The second-order valence-corrected chi connectivity index (χ2v) is 6.31. The SMILES string of the molecule is Cc1cccc(C[C@H](N)c2c(F)cccc2-c2noc3ccccc23)n1. The summed E-state index contributed by atoms with van der Waals surface area (Å²) in [7, 11) is 0. The standard InChI is InChI=1S/C21H18FN3O/c1-13-6-4-7-14(24-13)12-18(23)20-16(9-5-10-17(20)22)21-15-8-2-3-11-19(15)26-25-21/h2-11,18H,12,23H2,1H3/t18-/m0/s1. The number of rotatable bonds is 4. The van der Waals surface area contributed by atoms with Crippen molar-refractivity contribution in [2.75, 3.05) is 0 Å². The molecule has 2 N–H and O–H groups in total. The van der Waals surface area contributed by atoms with Crippen LogP contribution in [0.4, 0.5) is 4.39 Å². The largest absolute Gasteiger partial charge is 0.356 e. The molecule has 2 heterocycles. The molecule has 0 fully saturated rings. The molecule has 0 saturated heterocycles. The lowest BCUT2D eigenvalue weighted by molar-refractivity contribution is 0.459. The lowest BCUT2D eigenvalue weighted by atomic mass is 9.93. The Morgan fingerprint density at radius 2 is 1.85 bits per heavy atom. The van der Waals surface area contributed by atoms with Gasteiger partial charge in [-0.05, 0) is 37.3 Å². The number of aromatic nitrogens is 2. The molecule has 2 aromatic heterocycles. The predicted molar refractivity (Wildman–Crippen MR) is 99.0 cm³/mol. The zero-order valence-electron chi connectivity index (χ0n) is 14.3. The Bertz CT molecular complexity index is 1070. The summed E-state index contributed by atoms with van der Waals surface area (Å²) in [6, 6.07) is 17.6. The van der Waals surface area contributed by atoms with Gasteiger partial charge in [0.15, 0.2) is 5.58 Å². The Labute approximate surface area is 150 Å². The summed E-state index contributed by atoms with van der Waals surface area (Å²) in [4.78, 5) is 4.47. The van der Waals surface area contributed by atoms with Gasteiger partial charge in [0.2, 0.25) is 0 Å². The van der Waals surface area contributed by atoms with Gasteiger partial charge in [-0.15, -0.1) is 0 Å². The molecule has 1 atom stereocenters. The number of benzene rings is 2. The first-order chi connectivity index (χ1) is 12.6. The molecule has 4 rings (SSSR count). The number of nitrogens with two attached hydrogens (primary N) is 1. The summed E-state index contributed by atoms with van der Waals surface area (Å²) in [5, 5.41) is 4.99. The number of hydrogen-bond acceptors (Lipinski definition) is 4. The topological polar surface area (TPSA) is 64.9 Å². The molecule has 0 aliphatic heterocycles. The van der Waals surface area contributed by atoms with E-state index in [0.717, 1.165) is 16.8 Å². The highest BCUT2D eigenvalue weighted by Gasteiger charge is 2.21. The minimum Gasteiger partial charge on any atom is -0.356 e. The van der Waals surface area contributed by atoms with E-state index in [9.17, 15) is 4.39 Å². The second kappa shape index (κ2) is 6.69. The van der Waals surface area contributed by atoms with E-state index in [0.29, 0.717) is 28.8 Å². The van der Waals surface area contributed by atoms with Crippen LogP contribution in [0.1, 0.15) is 23.0 Å². The second-order valence-electron chi connectivity index (χ2n) is 6.31. The normalized spacial score (nSPS) is 12.4. The third-order valence-corrected chi connectivity index (χ3v) is 4.43. The summed E-state index contributed by atoms with van der Waals surface area (Å²) >= 11 is 0. The van der Waals surface area contributed by atoms with E-state index in [2.05, 4.69) is 10.1 Å². The monoisotopic (exact) mass is 347 g/mol. The van der Waals surface area contributed by atoms with Crippen LogP contribution in [0.25, 0.3) is 22.2 Å². The maximum absolute atomic E-state index is 14.7. The van der Waals surface area contributed by atoms with Gasteiger partial charge in [-0.3, -0.25) is 4.98 Å². The Morgan fingerprint density at radius 3 is 2.69 bits per heavy atom. The molecule has 26 heavy (non-hydrogen) atoms. The Morgan fingerprint density at radius 1 is 1.04 bits per heavy atom. The summed E-state index contributed by atoms with van der Waals surface area (Å²) in [6.07, 6.45) is 0.436. The van der Waals surface area contributed by atoms with Gasteiger partial charge in [-0.25, -0.2) is 4.39 Å². The van der Waals surface area contributed by atoms with Gasteiger partial charge < -0.3 is 10.3 Å². The average molecular weight is 347 g/mol. The third kappa shape index (κ3) is 2.97. The van der Waals surface area contributed by atoms with Crippen molar-refractivity contribution in [3.8, 4) is 11.3 Å². The first-order valence-corrected chi connectivity index (χ1v) is 8.45. The molecule has 0 aliphatic carbocycles.